The number of aliphatic carboxylic acids is 1. The summed E-state index contributed by atoms with van der Waals surface area (Å²) < 4.78 is 2.34. The van der Waals surface area contributed by atoms with Crippen LogP contribution in [0.1, 0.15) is 25.1 Å². The molecule has 0 aliphatic heterocycles. The Bertz CT molecular complexity index is 693. The fourth-order valence-electron chi connectivity index (χ4n) is 1.74. The van der Waals surface area contributed by atoms with Crippen LogP contribution in [0.2, 0.25) is 0 Å². The SMILES string of the molecule is CC(C)(C(=O)O)n1cc(NC(=O)CCc2cc(Br)cs2)cn1. The van der Waals surface area contributed by atoms with Crippen molar-refractivity contribution in [3.05, 3.63) is 33.2 Å². The Morgan fingerprint density at radius 1 is 1.50 bits per heavy atom. The van der Waals surface area contributed by atoms with Crippen LogP contribution in [-0.2, 0) is 21.5 Å². The first-order chi connectivity index (χ1) is 10.3. The first kappa shape index (κ1) is 16.7. The zero-order chi connectivity index (χ0) is 16.3. The van der Waals surface area contributed by atoms with Crippen molar-refractivity contribution < 1.29 is 14.7 Å². The number of nitrogens with zero attached hydrogens (tertiary/aromatic N) is 2. The number of amides is 1. The summed E-state index contributed by atoms with van der Waals surface area (Å²) in [5.41, 5.74) is -0.668. The largest absolute Gasteiger partial charge is 0.479 e. The Morgan fingerprint density at radius 2 is 2.23 bits per heavy atom. The highest BCUT2D eigenvalue weighted by atomic mass is 79.9. The number of hydrogen-bond acceptors (Lipinski definition) is 4. The number of aromatic nitrogens is 2. The molecule has 2 heterocycles. The molecule has 0 atom stereocenters. The fraction of sp³-hybridized carbons (Fsp3) is 0.357. The average Bonchev–Trinajstić information content (AvgIpc) is 3.05. The highest BCUT2D eigenvalue weighted by Crippen LogP contribution is 2.21. The maximum Gasteiger partial charge on any atom is 0.331 e. The van der Waals surface area contributed by atoms with Crippen LogP contribution in [0.3, 0.4) is 0 Å². The molecule has 0 fully saturated rings. The number of carboxylic acids is 1. The molecule has 0 saturated heterocycles. The first-order valence-electron chi connectivity index (χ1n) is 6.60. The molecule has 8 heteroatoms. The van der Waals surface area contributed by atoms with Gasteiger partial charge in [0, 0.05) is 27.3 Å². The van der Waals surface area contributed by atoms with Crippen LogP contribution in [0.15, 0.2) is 28.3 Å². The molecule has 2 aromatic rings. The van der Waals surface area contributed by atoms with Crippen LogP contribution in [0, 0.1) is 0 Å². The van der Waals surface area contributed by atoms with Gasteiger partial charge in [-0.3, -0.25) is 9.48 Å². The minimum absolute atomic E-state index is 0.128. The number of halogens is 1. The second-order valence-electron chi connectivity index (χ2n) is 5.32. The van der Waals surface area contributed by atoms with Gasteiger partial charge in [0.25, 0.3) is 0 Å². The van der Waals surface area contributed by atoms with E-state index in [2.05, 4.69) is 26.3 Å². The van der Waals surface area contributed by atoms with Gasteiger partial charge >= 0.3 is 5.97 Å². The highest BCUT2D eigenvalue weighted by Gasteiger charge is 2.30. The summed E-state index contributed by atoms with van der Waals surface area (Å²) in [5, 5.41) is 17.9. The molecule has 0 saturated carbocycles. The molecule has 1 amide bonds. The number of nitrogens with one attached hydrogen (secondary N) is 1. The number of rotatable bonds is 6. The summed E-state index contributed by atoms with van der Waals surface area (Å²) >= 11 is 4.98. The third kappa shape index (κ3) is 3.95. The zero-order valence-corrected chi connectivity index (χ0v) is 14.6. The lowest BCUT2D eigenvalue weighted by atomic mass is 10.1. The lowest BCUT2D eigenvalue weighted by Crippen LogP contribution is -2.35. The molecule has 0 radical (unpaired) electrons. The van der Waals surface area contributed by atoms with E-state index in [-0.39, 0.29) is 5.91 Å². The average molecular weight is 386 g/mol. The Labute approximate surface area is 140 Å². The van der Waals surface area contributed by atoms with Crippen LogP contribution >= 0.6 is 27.3 Å². The van der Waals surface area contributed by atoms with E-state index in [1.165, 1.54) is 17.1 Å². The van der Waals surface area contributed by atoms with E-state index in [1.54, 1.807) is 25.2 Å². The van der Waals surface area contributed by atoms with E-state index in [0.29, 0.717) is 18.5 Å². The van der Waals surface area contributed by atoms with Gasteiger partial charge in [-0.25, -0.2) is 4.79 Å². The molecular formula is C14H16BrN3O3S. The molecule has 6 nitrogen and oxygen atoms in total. The van der Waals surface area contributed by atoms with E-state index in [4.69, 9.17) is 5.11 Å². The van der Waals surface area contributed by atoms with Crippen LogP contribution in [0.5, 0.6) is 0 Å². The maximum absolute atomic E-state index is 11.9. The summed E-state index contributed by atoms with van der Waals surface area (Å²) in [7, 11) is 0. The van der Waals surface area contributed by atoms with Crippen molar-refractivity contribution >= 4 is 44.8 Å². The Hall–Kier alpha value is -1.67. The van der Waals surface area contributed by atoms with Crippen molar-refractivity contribution in [3.63, 3.8) is 0 Å². The maximum atomic E-state index is 11.9. The third-order valence-corrected chi connectivity index (χ3v) is 4.94. The molecule has 0 bridgehead atoms. The van der Waals surface area contributed by atoms with Crippen molar-refractivity contribution in [3.8, 4) is 0 Å². The van der Waals surface area contributed by atoms with Crippen LogP contribution in [0.25, 0.3) is 0 Å². The number of hydrogen-bond donors (Lipinski definition) is 2. The second kappa shape index (κ2) is 6.62. The third-order valence-electron chi connectivity index (χ3n) is 3.18. The van der Waals surface area contributed by atoms with Crippen LogP contribution < -0.4 is 5.32 Å². The molecule has 2 aromatic heterocycles. The minimum atomic E-state index is -1.16. The van der Waals surface area contributed by atoms with Crippen molar-refractivity contribution in [2.45, 2.75) is 32.2 Å². The molecule has 0 aliphatic rings. The summed E-state index contributed by atoms with van der Waals surface area (Å²) in [4.78, 5) is 24.2. The molecule has 22 heavy (non-hydrogen) atoms. The lowest BCUT2D eigenvalue weighted by Gasteiger charge is -2.19. The van der Waals surface area contributed by atoms with Crippen LogP contribution in [0.4, 0.5) is 5.69 Å². The smallest absolute Gasteiger partial charge is 0.331 e. The number of carboxylic acid groups (broad SMARTS) is 1. The first-order valence-corrected chi connectivity index (χ1v) is 8.27. The number of carbonyl (C=O) groups excluding carboxylic acids is 1. The fourth-order valence-corrected chi connectivity index (χ4v) is 3.19. The van der Waals surface area contributed by atoms with Gasteiger partial charge in [-0.2, -0.15) is 5.10 Å². The Balaban J connectivity index is 1.92. The summed E-state index contributed by atoms with van der Waals surface area (Å²) in [6.45, 7) is 3.09. The Kier molecular flexibility index (Phi) is 5.02. The van der Waals surface area contributed by atoms with Gasteiger partial charge in [-0.1, -0.05) is 0 Å². The van der Waals surface area contributed by atoms with Crippen molar-refractivity contribution in [2.24, 2.45) is 0 Å². The van der Waals surface area contributed by atoms with Gasteiger partial charge in [0.2, 0.25) is 5.91 Å². The molecule has 0 spiro atoms. The molecular weight excluding hydrogens is 370 g/mol. The normalized spacial score (nSPS) is 11.4. The Morgan fingerprint density at radius 3 is 2.82 bits per heavy atom. The topological polar surface area (TPSA) is 84.2 Å². The van der Waals surface area contributed by atoms with E-state index < -0.39 is 11.5 Å². The number of anilines is 1. The molecule has 2 rings (SSSR count). The highest BCUT2D eigenvalue weighted by molar-refractivity contribution is 9.10. The van der Waals surface area contributed by atoms with E-state index in [1.807, 2.05) is 11.4 Å². The number of aryl methyl sites for hydroxylation is 1. The zero-order valence-electron chi connectivity index (χ0n) is 12.2. The molecule has 2 N–H and O–H groups in total. The predicted molar refractivity (Wildman–Crippen MR) is 88.2 cm³/mol. The van der Waals surface area contributed by atoms with Gasteiger partial charge in [0.1, 0.15) is 0 Å². The van der Waals surface area contributed by atoms with Crippen LogP contribution in [-0.4, -0.2) is 26.8 Å². The van der Waals surface area contributed by atoms with Gasteiger partial charge in [0.15, 0.2) is 5.54 Å². The summed E-state index contributed by atoms with van der Waals surface area (Å²) in [6.07, 6.45) is 4.00. The van der Waals surface area contributed by atoms with E-state index in [0.717, 1.165) is 9.35 Å². The standard InChI is InChI=1S/C14H16BrN3O3S/c1-14(2,13(20)21)18-7-10(6-16-18)17-12(19)4-3-11-5-9(15)8-22-11/h5-8H,3-4H2,1-2H3,(H,17,19)(H,20,21). The quantitative estimate of drug-likeness (QED) is 0.799. The molecule has 118 valence electrons. The monoisotopic (exact) mass is 385 g/mol. The number of carbonyl (C=O) groups is 2. The van der Waals surface area contributed by atoms with Gasteiger partial charge in [-0.05, 0) is 42.3 Å². The summed E-state index contributed by atoms with van der Waals surface area (Å²) in [5.74, 6) is -1.12. The molecule has 0 aliphatic carbocycles. The van der Waals surface area contributed by atoms with Gasteiger partial charge in [0.05, 0.1) is 11.9 Å². The van der Waals surface area contributed by atoms with Gasteiger partial charge < -0.3 is 10.4 Å². The van der Waals surface area contributed by atoms with E-state index in [9.17, 15) is 9.59 Å². The minimum Gasteiger partial charge on any atom is -0.479 e. The lowest BCUT2D eigenvalue weighted by molar-refractivity contribution is -0.146. The van der Waals surface area contributed by atoms with Crippen molar-refractivity contribution in [1.29, 1.82) is 0 Å². The van der Waals surface area contributed by atoms with Crippen molar-refractivity contribution in [1.82, 2.24) is 9.78 Å². The molecule has 0 unspecified atom stereocenters. The van der Waals surface area contributed by atoms with Gasteiger partial charge in [-0.15, -0.1) is 11.3 Å². The summed E-state index contributed by atoms with van der Waals surface area (Å²) in [6, 6.07) is 1.99. The predicted octanol–water partition coefficient (Wildman–Crippen LogP) is 3.10. The number of thiophene rings is 1. The van der Waals surface area contributed by atoms with Crippen molar-refractivity contribution in [2.75, 3.05) is 5.32 Å². The molecule has 0 aromatic carbocycles. The second-order valence-corrected chi connectivity index (χ2v) is 7.23. The van der Waals surface area contributed by atoms with E-state index >= 15 is 0 Å².